The fourth-order valence-corrected chi connectivity index (χ4v) is 3.11. The minimum atomic E-state index is -0.638. The third-order valence-electron chi connectivity index (χ3n) is 4.48. The largest absolute Gasteiger partial charge is 0.495 e. The lowest BCUT2D eigenvalue weighted by atomic mass is 10.1. The van der Waals surface area contributed by atoms with E-state index < -0.39 is 11.7 Å². The number of carbonyl (C=O) groups is 3. The summed E-state index contributed by atoms with van der Waals surface area (Å²) in [6.07, 6.45) is 1.47. The van der Waals surface area contributed by atoms with Crippen LogP contribution in [0.5, 0.6) is 5.75 Å². The number of urea groups is 1. The Kier molecular flexibility index (Phi) is 7.91. The number of nitrogens with zero attached hydrogens (tertiary/aromatic N) is 1. The molecule has 3 N–H and O–H groups in total. The number of carbonyl (C=O) groups excluding carboxylic acids is 3. The lowest BCUT2D eigenvalue weighted by Gasteiger charge is -2.33. The van der Waals surface area contributed by atoms with Gasteiger partial charge in [0.15, 0.2) is 0 Å². The molecule has 30 heavy (non-hydrogen) atoms. The normalized spacial score (nSPS) is 16.4. The van der Waals surface area contributed by atoms with Gasteiger partial charge in [0, 0.05) is 31.2 Å². The highest BCUT2D eigenvalue weighted by Gasteiger charge is 2.25. The number of rotatable bonds is 5. The number of nitrogens with one attached hydrogen (secondary N) is 3. The van der Waals surface area contributed by atoms with Crippen LogP contribution in [0, 0.1) is 0 Å². The Morgan fingerprint density at radius 3 is 2.57 bits per heavy atom. The van der Waals surface area contributed by atoms with Crippen molar-refractivity contribution in [1.82, 2.24) is 10.2 Å². The summed E-state index contributed by atoms with van der Waals surface area (Å²) < 4.78 is 10.6. The van der Waals surface area contributed by atoms with E-state index in [4.69, 9.17) is 9.47 Å². The molecule has 9 nitrogen and oxygen atoms in total. The second-order valence-electron chi connectivity index (χ2n) is 8.18. The van der Waals surface area contributed by atoms with E-state index in [0.29, 0.717) is 36.6 Å². The number of likely N-dealkylation sites (tertiary alicyclic amines) is 1. The number of methoxy groups -OCH3 is 1. The number of benzene rings is 1. The van der Waals surface area contributed by atoms with Gasteiger partial charge in [0.1, 0.15) is 11.4 Å². The van der Waals surface area contributed by atoms with Crippen molar-refractivity contribution < 1.29 is 23.9 Å². The Morgan fingerprint density at radius 1 is 1.20 bits per heavy atom. The SMILES string of the molecule is CCC(=O)NC1CCCN(C(=O)Nc2ccc(OC)c(NC(=O)OC(C)(C)C)c2)C1. The molecule has 1 aliphatic rings. The average molecular weight is 421 g/mol. The number of hydrogen-bond donors (Lipinski definition) is 3. The summed E-state index contributed by atoms with van der Waals surface area (Å²) in [5.41, 5.74) is 0.254. The van der Waals surface area contributed by atoms with Crippen molar-refractivity contribution in [2.45, 2.75) is 58.6 Å². The summed E-state index contributed by atoms with van der Waals surface area (Å²) >= 11 is 0. The van der Waals surface area contributed by atoms with E-state index in [1.165, 1.54) is 7.11 Å². The van der Waals surface area contributed by atoms with Gasteiger partial charge in [-0.3, -0.25) is 10.1 Å². The van der Waals surface area contributed by atoms with Crippen LogP contribution in [0.25, 0.3) is 0 Å². The highest BCUT2D eigenvalue weighted by molar-refractivity contribution is 5.93. The maximum absolute atomic E-state index is 12.7. The van der Waals surface area contributed by atoms with Gasteiger partial charge >= 0.3 is 12.1 Å². The lowest BCUT2D eigenvalue weighted by molar-refractivity contribution is -0.121. The first-order valence-electron chi connectivity index (χ1n) is 10.1. The van der Waals surface area contributed by atoms with Crippen LogP contribution in [-0.4, -0.2) is 54.8 Å². The summed E-state index contributed by atoms with van der Waals surface area (Å²) in [5, 5.41) is 8.43. The average Bonchev–Trinajstić information content (AvgIpc) is 2.66. The number of hydrogen-bond acceptors (Lipinski definition) is 5. The second kappa shape index (κ2) is 10.2. The minimum Gasteiger partial charge on any atom is -0.495 e. The predicted molar refractivity (Wildman–Crippen MR) is 115 cm³/mol. The molecular formula is C21H32N4O5. The second-order valence-corrected chi connectivity index (χ2v) is 8.18. The quantitative estimate of drug-likeness (QED) is 0.675. The molecule has 1 heterocycles. The molecule has 1 atom stereocenters. The van der Waals surface area contributed by atoms with Crippen LogP contribution in [0.1, 0.15) is 47.0 Å². The number of anilines is 2. The third-order valence-corrected chi connectivity index (χ3v) is 4.48. The molecule has 0 radical (unpaired) electrons. The van der Waals surface area contributed by atoms with Crippen LogP contribution >= 0.6 is 0 Å². The zero-order valence-corrected chi connectivity index (χ0v) is 18.3. The van der Waals surface area contributed by atoms with E-state index >= 15 is 0 Å². The molecule has 1 aliphatic heterocycles. The van der Waals surface area contributed by atoms with Crippen molar-refractivity contribution in [2.24, 2.45) is 0 Å². The molecule has 1 aromatic carbocycles. The fraction of sp³-hybridized carbons (Fsp3) is 0.571. The first-order chi connectivity index (χ1) is 14.1. The topological polar surface area (TPSA) is 109 Å². The van der Waals surface area contributed by atoms with Gasteiger partial charge in [0.2, 0.25) is 5.91 Å². The van der Waals surface area contributed by atoms with Gasteiger partial charge < -0.3 is 25.0 Å². The summed E-state index contributed by atoms with van der Waals surface area (Å²) in [4.78, 5) is 38.1. The molecule has 2 rings (SSSR count). The Morgan fingerprint density at radius 2 is 1.93 bits per heavy atom. The van der Waals surface area contributed by atoms with Crippen LogP contribution in [-0.2, 0) is 9.53 Å². The van der Waals surface area contributed by atoms with Gasteiger partial charge in [0.05, 0.1) is 12.8 Å². The fourth-order valence-electron chi connectivity index (χ4n) is 3.11. The Hall–Kier alpha value is -2.97. The van der Waals surface area contributed by atoms with Crippen LogP contribution in [0.2, 0.25) is 0 Å². The van der Waals surface area contributed by atoms with E-state index in [2.05, 4.69) is 16.0 Å². The first-order valence-corrected chi connectivity index (χ1v) is 10.1. The number of piperidine rings is 1. The Bertz CT molecular complexity index is 775. The molecule has 0 aromatic heterocycles. The van der Waals surface area contributed by atoms with E-state index in [-0.39, 0.29) is 18.0 Å². The molecule has 1 aromatic rings. The zero-order chi connectivity index (χ0) is 22.3. The van der Waals surface area contributed by atoms with Crippen molar-refractivity contribution in [3.05, 3.63) is 18.2 Å². The molecule has 0 bridgehead atoms. The van der Waals surface area contributed by atoms with Gasteiger partial charge in [-0.15, -0.1) is 0 Å². The van der Waals surface area contributed by atoms with Crippen LogP contribution in [0.4, 0.5) is 21.0 Å². The molecule has 1 fully saturated rings. The van der Waals surface area contributed by atoms with Gasteiger partial charge in [-0.25, -0.2) is 9.59 Å². The van der Waals surface area contributed by atoms with Crippen molar-refractivity contribution in [3.8, 4) is 5.75 Å². The van der Waals surface area contributed by atoms with Crippen molar-refractivity contribution in [3.63, 3.8) is 0 Å². The zero-order valence-electron chi connectivity index (χ0n) is 18.3. The highest BCUT2D eigenvalue weighted by atomic mass is 16.6. The van der Waals surface area contributed by atoms with Crippen LogP contribution in [0.3, 0.4) is 0 Å². The Balaban J connectivity index is 2.04. The van der Waals surface area contributed by atoms with E-state index in [9.17, 15) is 14.4 Å². The molecule has 9 heteroatoms. The maximum atomic E-state index is 12.7. The van der Waals surface area contributed by atoms with E-state index in [0.717, 1.165) is 12.8 Å². The van der Waals surface area contributed by atoms with Gasteiger partial charge in [-0.05, 0) is 51.8 Å². The molecule has 0 aliphatic carbocycles. The summed E-state index contributed by atoms with van der Waals surface area (Å²) in [6, 6.07) is 4.65. The van der Waals surface area contributed by atoms with E-state index in [1.807, 2.05) is 0 Å². The van der Waals surface area contributed by atoms with Crippen molar-refractivity contribution >= 4 is 29.4 Å². The summed E-state index contributed by atoms with van der Waals surface area (Å²) in [6.45, 7) is 8.19. The van der Waals surface area contributed by atoms with E-state index in [1.54, 1.807) is 50.8 Å². The Labute approximate surface area is 177 Å². The smallest absolute Gasteiger partial charge is 0.412 e. The number of amides is 4. The third kappa shape index (κ3) is 7.13. The lowest BCUT2D eigenvalue weighted by Crippen LogP contribution is -2.50. The molecule has 4 amide bonds. The predicted octanol–water partition coefficient (Wildman–Crippen LogP) is 3.56. The monoisotopic (exact) mass is 420 g/mol. The van der Waals surface area contributed by atoms with Gasteiger partial charge in [-0.2, -0.15) is 0 Å². The standard InChI is InChI=1S/C21H32N4O5/c1-6-18(26)22-15-8-7-11-25(13-15)19(27)23-14-9-10-17(29-5)16(12-14)24-20(28)30-21(2,3)4/h9-10,12,15H,6-8,11,13H2,1-5H3,(H,22,26)(H,23,27)(H,24,28). The van der Waals surface area contributed by atoms with Gasteiger partial charge in [0.25, 0.3) is 0 Å². The van der Waals surface area contributed by atoms with Gasteiger partial charge in [-0.1, -0.05) is 6.92 Å². The molecule has 166 valence electrons. The minimum absolute atomic E-state index is 0.0183. The van der Waals surface area contributed by atoms with Crippen molar-refractivity contribution in [1.29, 1.82) is 0 Å². The van der Waals surface area contributed by atoms with Crippen LogP contribution in [0.15, 0.2) is 18.2 Å². The first kappa shape index (κ1) is 23.3. The molecule has 0 saturated carbocycles. The summed E-state index contributed by atoms with van der Waals surface area (Å²) in [5.74, 6) is 0.425. The highest BCUT2D eigenvalue weighted by Crippen LogP contribution is 2.28. The molecular weight excluding hydrogens is 388 g/mol. The number of ether oxygens (including phenoxy) is 2. The maximum Gasteiger partial charge on any atom is 0.412 e. The molecule has 0 spiro atoms. The van der Waals surface area contributed by atoms with Crippen LogP contribution < -0.4 is 20.7 Å². The summed E-state index contributed by atoms with van der Waals surface area (Å²) in [7, 11) is 1.49. The van der Waals surface area contributed by atoms with Crippen molar-refractivity contribution in [2.75, 3.05) is 30.8 Å². The molecule has 1 unspecified atom stereocenters. The molecule has 1 saturated heterocycles.